The standard InChI is InChI=1S/C9H17N5O3/c1-6(15)13-8-3-14(4-9(16)17)2-7(8)11-5-12-10/h5,7-8H,2-4,10H2,1H3,(H,11,12)(H,13,15)(H,16,17). The SMILES string of the molecule is CC(=O)NC1CN(CC(=O)O)CC1NC=NN. The molecule has 1 fully saturated rings. The topological polar surface area (TPSA) is 120 Å². The zero-order valence-electron chi connectivity index (χ0n) is 9.59. The number of hydrogen-bond donors (Lipinski definition) is 4. The lowest BCUT2D eigenvalue weighted by Gasteiger charge is -2.18. The maximum absolute atomic E-state index is 11.0. The Balaban J connectivity index is 2.57. The zero-order valence-corrected chi connectivity index (χ0v) is 9.59. The van der Waals surface area contributed by atoms with Gasteiger partial charge in [-0.3, -0.25) is 14.5 Å². The van der Waals surface area contributed by atoms with E-state index in [4.69, 9.17) is 10.9 Å². The molecule has 0 radical (unpaired) electrons. The van der Waals surface area contributed by atoms with Crippen LogP contribution in [-0.4, -0.2) is 59.9 Å². The number of carboxylic acids is 1. The molecule has 0 aromatic carbocycles. The van der Waals surface area contributed by atoms with E-state index in [0.29, 0.717) is 13.1 Å². The molecule has 1 amide bonds. The average Bonchev–Trinajstić information content (AvgIpc) is 2.55. The van der Waals surface area contributed by atoms with Gasteiger partial charge in [-0.1, -0.05) is 0 Å². The summed E-state index contributed by atoms with van der Waals surface area (Å²) in [5, 5.41) is 17.7. The van der Waals surface area contributed by atoms with Gasteiger partial charge in [0.25, 0.3) is 0 Å². The Morgan fingerprint density at radius 1 is 1.53 bits per heavy atom. The molecule has 1 aliphatic heterocycles. The van der Waals surface area contributed by atoms with Crippen LogP contribution in [-0.2, 0) is 9.59 Å². The van der Waals surface area contributed by atoms with Crippen molar-refractivity contribution in [3.05, 3.63) is 0 Å². The molecular weight excluding hydrogens is 226 g/mol. The third-order valence-electron chi connectivity index (χ3n) is 2.51. The predicted molar refractivity (Wildman–Crippen MR) is 61.3 cm³/mol. The number of rotatable bonds is 5. The van der Waals surface area contributed by atoms with Crippen LogP contribution in [0.2, 0.25) is 0 Å². The van der Waals surface area contributed by atoms with E-state index in [9.17, 15) is 9.59 Å². The number of carbonyl (C=O) groups excluding carboxylic acids is 1. The minimum atomic E-state index is -0.889. The molecule has 17 heavy (non-hydrogen) atoms. The summed E-state index contributed by atoms with van der Waals surface area (Å²) >= 11 is 0. The molecule has 8 heteroatoms. The predicted octanol–water partition coefficient (Wildman–Crippen LogP) is -2.25. The molecule has 1 aliphatic rings. The molecule has 1 saturated heterocycles. The molecule has 1 heterocycles. The number of amides is 1. The molecule has 0 aromatic rings. The molecule has 96 valence electrons. The van der Waals surface area contributed by atoms with E-state index in [0.717, 1.165) is 0 Å². The van der Waals surface area contributed by atoms with Gasteiger partial charge in [-0.05, 0) is 0 Å². The Labute approximate surface area is 98.8 Å². The molecule has 0 aromatic heterocycles. The van der Waals surface area contributed by atoms with Gasteiger partial charge in [0.15, 0.2) is 0 Å². The van der Waals surface area contributed by atoms with Crippen molar-refractivity contribution in [2.45, 2.75) is 19.0 Å². The third kappa shape index (κ3) is 4.27. The highest BCUT2D eigenvalue weighted by molar-refractivity contribution is 5.73. The second-order valence-corrected chi connectivity index (χ2v) is 3.95. The number of nitrogens with one attached hydrogen (secondary N) is 2. The first-order valence-electron chi connectivity index (χ1n) is 5.22. The summed E-state index contributed by atoms with van der Waals surface area (Å²) < 4.78 is 0. The van der Waals surface area contributed by atoms with Crippen LogP contribution in [0.5, 0.6) is 0 Å². The normalized spacial score (nSPS) is 25.0. The molecular formula is C9H17N5O3. The molecule has 0 bridgehead atoms. The summed E-state index contributed by atoms with van der Waals surface area (Å²) in [7, 11) is 0. The molecule has 1 rings (SSSR count). The molecule has 8 nitrogen and oxygen atoms in total. The fourth-order valence-electron chi connectivity index (χ4n) is 1.92. The van der Waals surface area contributed by atoms with Gasteiger partial charge in [0.05, 0.1) is 18.6 Å². The first-order chi connectivity index (χ1) is 8.02. The highest BCUT2D eigenvalue weighted by Crippen LogP contribution is 2.09. The summed E-state index contributed by atoms with van der Waals surface area (Å²) in [5.41, 5.74) is 0. The van der Waals surface area contributed by atoms with Crippen molar-refractivity contribution in [3.63, 3.8) is 0 Å². The largest absolute Gasteiger partial charge is 0.480 e. The molecule has 0 spiro atoms. The van der Waals surface area contributed by atoms with Gasteiger partial charge < -0.3 is 21.6 Å². The van der Waals surface area contributed by atoms with Crippen LogP contribution in [0.1, 0.15) is 6.92 Å². The second-order valence-electron chi connectivity index (χ2n) is 3.95. The van der Waals surface area contributed by atoms with E-state index in [1.165, 1.54) is 13.3 Å². The van der Waals surface area contributed by atoms with E-state index in [2.05, 4.69) is 15.7 Å². The summed E-state index contributed by atoms with van der Waals surface area (Å²) in [6.45, 7) is 2.38. The minimum absolute atomic E-state index is 0.0476. The van der Waals surface area contributed by atoms with Crippen LogP contribution in [0, 0.1) is 0 Å². The highest BCUT2D eigenvalue weighted by Gasteiger charge is 2.33. The van der Waals surface area contributed by atoms with Crippen LogP contribution in [0.3, 0.4) is 0 Å². The molecule has 0 saturated carbocycles. The van der Waals surface area contributed by atoms with Crippen LogP contribution in [0.25, 0.3) is 0 Å². The number of hydrazone groups is 1. The van der Waals surface area contributed by atoms with E-state index in [-0.39, 0.29) is 24.5 Å². The first kappa shape index (κ1) is 13.2. The maximum atomic E-state index is 11.0. The van der Waals surface area contributed by atoms with Crippen molar-refractivity contribution in [1.82, 2.24) is 15.5 Å². The Morgan fingerprint density at radius 3 is 2.71 bits per heavy atom. The maximum Gasteiger partial charge on any atom is 0.317 e. The summed E-state index contributed by atoms with van der Waals surface area (Å²) in [5.74, 6) is 3.94. The lowest BCUT2D eigenvalue weighted by molar-refractivity contribution is -0.138. The van der Waals surface area contributed by atoms with E-state index in [1.54, 1.807) is 4.90 Å². The number of carbonyl (C=O) groups is 2. The van der Waals surface area contributed by atoms with Crippen molar-refractivity contribution in [3.8, 4) is 0 Å². The van der Waals surface area contributed by atoms with Crippen molar-refractivity contribution < 1.29 is 14.7 Å². The van der Waals surface area contributed by atoms with Gasteiger partial charge in [-0.25, -0.2) is 0 Å². The Hall–Kier alpha value is -1.83. The van der Waals surface area contributed by atoms with Crippen molar-refractivity contribution in [2.24, 2.45) is 10.9 Å². The van der Waals surface area contributed by atoms with Gasteiger partial charge >= 0.3 is 5.97 Å². The number of carboxylic acid groups (broad SMARTS) is 1. The van der Waals surface area contributed by atoms with E-state index in [1.807, 2.05) is 0 Å². The number of aliphatic carboxylic acids is 1. The molecule has 2 unspecified atom stereocenters. The fourth-order valence-corrected chi connectivity index (χ4v) is 1.92. The second kappa shape index (κ2) is 6.04. The van der Waals surface area contributed by atoms with E-state index >= 15 is 0 Å². The minimum Gasteiger partial charge on any atom is -0.480 e. The number of likely N-dealkylation sites (tertiary alicyclic amines) is 1. The van der Waals surface area contributed by atoms with Crippen LogP contribution in [0.15, 0.2) is 5.10 Å². The monoisotopic (exact) mass is 243 g/mol. The molecule has 0 aliphatic carbocycles. The quantitative estimate of drug-likeness (QED) is 0.187. The van der Waals surface area contributed by atoms with Gasteiger partial charge in [-0.2, -0.15) is 5.10 Å². The first-order valence-corrected chi connectivity index (χ1v) is 5.22. The highest BCUT2D eigenvalue weighted by atomic mass is 16.4. The Bertz CT molecular complexity index is 320. The molecule has 2 atom stereocenters. The third-order valence-corrected chi connectivity index (χ3v) is 2.51. The van der Waals surface area contributed by atoms with Crippen molar-refractivity contribution in [1.29, 1.82) is 0 Å². The van der Waals surface area contributed by atoms with Gasteiger partial charge in [0.2, 0.25) is 5.91 Å². The smallest absolute Gasteiger partial charge is 0.317 e. The fraction of sp³-hybridized carbons (Fsp3) is 0.667. The summed E-state index contributed by atoms with van der Waals surface area (Å²) in [4.78, 5) is 23.4. The summed E-state index contributed by atoms with van der Waals surface area (Å²) in [6, 6.07) is -0.240. The zero-order chi connectivity index (χ0) is 12.8. The van der Waals surface area contributed by atoms with E-state index < -0.39 is 5.97 Å². The number of hydrogen-bond acceptors (Lipinski definition) is 5. The number of nitrogens with two attached hydrogens (primary N) is 1. The Kier molecular flexibility index (Phi) is 4.70. The van der Waals surface area contributed by atoms with Gasteiger partial charge in [-0.15, -0.1) is 0 Å². The lowest BCUT2D eigenvalue weighted by atomic mass is 10.2. The van der Waals surface area contributed by atoms with Crippen LogP contribution >= 0.6 is 0 Å². The Morgan fingerprint density at radius 2 is 2.18 bits per heavy atom. The number of nitrogens with zero attached hydrogens (tertiary/aromatic N) is 2. The van der Waals surface area contributed by atoms with Gasteiger partial charge in [0, 0.05) is 20.0 Å². The van der Waals surface area contributed by atoms with Crippen LogP contribution < -0.4 is 16.5 Å². The van der Waals surface area contributed by atoms with Crippen molar-refractivity contribution in [2.75, 3.05) is 19.6 Å². The summed E-state index contributed by atoms with van der Waals surface area (Å²) in [6.07, 6.45) is 1.34. The molecule has 5 N–H and O–H groups in total. The van der Waals surface area contributed by atoms with Gasteiger partial charge in [0.1, 0.15) is 6.34 Å². The van der Waals surface area contributed by atoms with Crippen LogP contribution in [0.4, 0.5) is 0 Å². The average molecular weight is 243 g/mol. The van der Waals surface area contributed by atoms with Crippen molar-refractivity contribution >= 4 is 18.2 Å². The lowest BCUT2D eigenvalue weighted by Crippen LogP contribution is -2.48.